The fourth-order valence-corrected chi connectivity index (χ4v) is 2.80. The zero-order valence-electron chi connectivity index (χ0n) is 11.0. The van der Waals surface area contributed by atoms with E-state index in [-0.39, 0.29) is 6.03 Å². The summed E-state index contributed by atoms with van der Waals surface area (Å²) in [7, 11) is 0. The van der Waals surface area contributed by atoms with Gasteiger partial charge in [0.15, 0.2) is 0 Å². The summed E-state index contributed by atoms with van der Waals surface area (Å²) in [5.74, 6) is -0.195. The molecule has 2 heterocycles. The van der Waals surface area contributed by atoms with Gasteiger partial charge in [-0.1, -0.05) is 6.92 Å². The highest BCUT2D eigenvalue weighted by atomic mass is 16.4. The molecule has 2 amide bonds. The van der Waals surface area contributed by atoms with Crippen LogP contribution in [0.3, 0.4) is 0 Å². The highest BCUT2D eigenvalue weighted by Gasteiger charge is 2.35. The van der Waals surface area contributed by atoms with Gasteiger partial charge in [0.25, 0.3) is 0 Å². The van der Waals surface area contributed by atoms with Crippen molar-refractivity contribution in [1.29, 1.82) is 0 Å². The SMILES string of the molecule is CC1CCN(C(=O)N2CCCCC2C(=O)O)CC1. The van der Waals surface area contributed by atoms with Gasteiger partial charge >= 0.3 is 12.0 Å². The van der Waals surface area contributed by atoms with Crippen LogP contribution < -0.4 is 0 Å². The first-order valence-corrected chi connectivity index (χ1v) is 6.88. The number of carboxylic acid groups (broad SMARTS) is 1. The molecule has 2 aliphatic heterocycles. The molecule has 2 aliphatic rings. The molecule has 0 saturated carbocycles. The topological polar surface area (TPSA) is 60.9 Å². The molecular formula is C13H22N2O3. The van der Waals surface area contributed by atoms with Crippen LogP contribution in [0.25, 0.3) is 0 Å². The van der Waals surface area contributed by atoms with E-state index in [1.165, 1.54) is 0 Å². The largest absolute Gasteiger partial charge is 0.480 e. The number of urea groups is 1. The summed E-state index contributed by atoms with van der Waals surface area (Å²) >= 11 is 0. The van der Waals surface area contributed by atoms with E-state index in [1.807, 2.05) is 4.90 Å². The first-order chi connectivity index (χ1) is 8.59. The number of carbonyl (C=O) groups excluding carboxylic acids is 1. The van der Waals surface area contributed by atoms with Crippen LogP contribution in [0.4, 0.5) is 4.79 Å². The molecule has 1 unspecified atom stereocenters. The number of amides is 2. The normalized spacial score (nSPS) is 26.2. The maximum Gasteiger partial charge on any atom is 0.326 e. The van der Waals surface area contributed by atoms with Gasteiger partial charge in [-0.25, -0.2) is 9.59 Å². The molecule has 18 heavy (non-hydrogen) atoms. The van der Waals surface area contributed by atoms with Crippen LogP contribution in [0.1, 0.15) is 39.0 Å². The van der Waals surface area contributed by atoms with E-state index in [2.05, 4.69) is 6.92 Å². The fourth-order valence-electron chi connectivity index (χ4n) is 2.80. The molecule has 0 aromatic carbocycles. The Morgan fingerprint density at radius 1 is 1.06 bits per heavy atom. The molecule has 1 atom stereocenters. The number of aliphatic carboxylic acids is 1. The number of carboxylic acids is 1. The van der Waals surface area contributed by atoms with Crippen molar-refractivity contribution in [3.05, 3.63) is 0 Å². The van der Waals surface area contributed by atoms with Gasteiger partial charge in [0.1, 0.15) is 6.04 Å². The Labute approximate surface area is 108 Å². The van der Waals surface area contributed by atoms with Crippen molar-refractivity contribution >= 4 is 12.0 Å². The van der Waals surface area contributed by atoms with Gasteiger partial charge in [-0.2, -0.15) is 0 Å². The number of nitrogens with zero attached hydrogens (tertiary/aromatic N) is 2. The molecule has 102 valence electrons. The lowest BCUT2D eigenvalue weighted by Crippen LogP contribution is -2.54. The van der Waals surface area contributed by atoms with Crippen LogP contribution in [0.5, 0.6) is 0 Å². The van der Waals surface area contributed by atoms with Crippen LogP contribution in [-0.2, 0) is 4.79 Å². The van der Waals surface area contributed by atoms with Crippen molar-refractivity contribution in [2.45, 2.75) is 45.1 Å². The Kier molecular flexibility index (Phi) is 4.09. The summed E-state index contributed by atoms with van der Waals surface area (Å²) in [5, 5.41) is 9.19. The van der Waals surface area contributed by atoms with Crippen molar-refractivity contribution in [3.63, 3.8) is 0 Å². The monoisotopic (exact) mass is 254 g/mol. The molecule has 2 fully saturated rings. The highest BCUT2D eigenvalue weighted by molar-refractivity contribution is 5.83. The fraction of sp³-hybridized carbons (Fsp3) is 0.846. The van der Waals surface area contributed by atoms with Crippen molar-refractivity contribution in [2.75, 3.05) is 19.6 Å². The molecule has 1 N–H and O–H groups in total. The van der Waals surface area contributed by atoms with Crippen molar-refractivity contribution in [2.24, 2.45) is 5.92 Å². The first kappa shape index (κ1) is 13.2. The second kappa shape index (κ2) is 5.59. The molecular weight excluding hydrogens is 232 g/mol. The van der Waals surface area contributed by atoms with Gasteiger partial charge in [-0.3, -0.25) is 0 Å². The summed E-state index contributed by atoms with van der Waals surface area (Å²) in [4.78, 5) is 26.9. The van der Waals surface area contributed by atoms with Crippen molar-refractivity contribution in [1.82, 2.24) is 9.80 Å². The zero-order valence-corrected chi connectivity index (χ0v) is 11.0. The Balaban J connectivity index is 2.00. The number of rotatable bonds is 1. The molecule has 0 aromatic rings. The molecule has 2 rings (SSSR count). The Morgan fingerprint density at radius 2 is 1.72 bits per heavy atom. The molecule has 0 bridgehead atoms. The molecule has 0 aliphatic carbocycles. The average molecular weight is 254 g/mol. The summed E-state index contributed by atoms with van der Waals surface area (Å²) < 4.78 is 0. The zero-order chi connectivity index (χ0) is 13.1. The highest BCUT2D eigenvalue weighted by Crippen LogP contribution is 2.22. The quantitative estimate of drug-likeness (QED) is 0.776. The Hall–Kier alpha value is -1.26. The van der Waals surface area contributed by atoms with Gasteiger partial charge in [0.2, 0.25) is 0 Å². The third-order valence-electron chi connectivity index (χ3n) is 4.09. The third kappa shape index (κ3) is 2.76. The number of hydrogen-bond donors (Lipinski definition) is 1. The Morgan fingerprint density at radius 3 is 2.33 bits per heavy atom. The van der Waals surface area contributed by atoms with Crippen LogP contribution in [-0.4, -0.2) is 52.6 Å². The number of likely N-dealkylation sites (tertiary alicyclic amines) is 2. The second-order valence-electron chi connectivity index (χ2n) is 5.50. The minimum atomic E-state index is -0.867. The van der Waals surface area contributed by atoms with Gasteiger partial charge in [-0.05, 0) is 38.0 Å². The standard InChI is InChI=1S/C13H22N2O3/c1-10-5-8-14(9-6-10)13(18)15-7-3-2-4-11(15)12(16)17/h10-11H,2-9H2,1H3,(H,16,17). The van der Waals surface area contributed by atoms with Crippen LogP contribution >= 0.6 is 0 Å². The van der Waals surface area contributed by atoms with E-state index < -0.39 is 12.0 Å². The van der Waals surface area contributed by atoms with E-state index in [4.69, 9.17) is 0 Å². The number of piperidine rings is 2. The van der Waals surface area contributed by atoms with Crippen LogP contribution in [0.2, 0.25) is 0 Å². The smallest absolute Gasteiger partial charge is 0.326 e. The van der Waals surface area contributed by atoms with E-state index >= 15 is 0 Å². The lowest BCUT2D eigenvalue weighted by Gasteiger charge is -2.39. The van der Waals surface area contributed by atoms with E-state index in [9.17, 15) is 14.7 Å². The predicted octanol–water partition coefficient (Wildman–Crippen LogP) is 1.78. The molecule has 0 spiro atoms. The molecule has 5 heteroatoms. The Bertz CT molecular complexity index is 324. The molecule has 0 radical (unpaired) electrons. The minimum Gasteiger partial charge on any atom is -0.480 e. The molecule has 2 saturated heterocycles. The first-order valence-electron chi connectivity index (χ1n) is 6.88. The van der Waals surface area contributed by atoms with Gasteiger partial charge in [0.05, 0.1) is 0 Å². The van der Waals surface area contributed by atoms with Crippen molar-refractivity contribution < 1.29 is 14.7 Å². The maximum atomic E-state index is 12.4. The van der Waals surface area contributed by atoms with Gasteiger partial charge in [-0.15, -0.1) is 0 Å². The van der Waals surface area contributed by atoms with Gasteiger partial charge < -0.3 is 14.9 Å². The van der Waals surface area contributed by atoms with E-state index in [1.54, 1.807) is 4.90 Å². The maximum absolute atomic E-state index is 12.4. The summed E-state index contributed by atoms with van der Waals surface area (Å²) in [6, 6.07) is -0.695. The van der Waals surface area contributed by atoms with E-state index in [0.29, 0.717) is 18.9 Å². The summed E-state index contributed by atoms with van der Waals surface area (Å²) in [6.45, 7) is 4.32. The number of hydrogen-bond acceptors (Lipinski definition) is 2. The average Bonchev–Trinajstić information content (AvgIpc) is 2.39. The third-order valence-corrected chi connectivity index (χ3v) is 4.09. The summed E-state index contributed by atoms with van der Waals surface area (Å²) in [5.41, 5.74) is 0. The van der Waals surface area contributed by atoms with Crippen LogP contribution in [0, 0.1) is 5.92 Å². The van der Waals surface area contributed by atoms with Crippen LogP contribution in [0.15, 0.2) is 0 Å². The minimum absolute atomic E-state index is 0.0750. The van der Waals surface area contributed by atoms with E-state index in [0.717, 1.165) is 38.8 Å². The predicted molar refractivity (Wildman–Crippen MR) is 67.3 cm³/mol. The second-order valence-corrected chi connectivity index (χ2v) is 5.50. The van der Waals surface area contributed by atoms with Crippen molar-refractivity contribution in [3.8, 4) is 0 Å². The lowest BCUT2D eigenvalue weighted by molar-refractivity contribution is -0.143. The van der Waals surface area contributed by atoms with Gasteiger partial charge in [0, 0.05) is 19.6 Å². The lowest BCUT2D eigenvalue weighted by atomic mass is 9.99. The molecule has 0 aromatic heterocycles. The summed E-state index contributed by atoms with van der Waals surface area (Å²) in [6.07, 6.45) is 4.46. The molecule has 5 nitrogen and oxygen atoms in total. The number of carbonyl (C=O) groups is 2.